The summed E-state index contributed by atoms with van der Waals surface area (Å²) in [5.74, 6) is 1.79. The number of nitrogens with one attached hydrogen (secondary N) is 2. The number of fused-ring (bicyclic) bond motifs is 1. The molecule has 2 N–H and O–H groups in total. The topological polar surface area (TPSA) is 96.7 Å². The summed E-state index contributed by atoms with van der Waals surface area (Å²) in [5.41, 5.74) is 1.98. The first-order valence-corrected chi connectivity index (χ1v) is 10.2. The summed E-state index contributed by atoms with van der Waals surface area (Å²) in [4.78, 5) is 23.3. The van der Waals surface area contributed by atoms with Gasteiger partial charge in [0, 0.05) is 31.2 Å². The largest absolute Gasteiger partial charge is 0.445 e. The highest BCUT2D eigenvalue weighted by atomic mass is 16.6. The number of rotatable bonds is 4. The van der Waals surface area contributed by atoms with E-state index in [0.29, 0.717) is 25.0 Å². The van der Waals surface area contributed by atoms with Crippen LogP contribution in [0.5, 0.6) is 0 Å². The molecule has 0 aliphatic carbocycles. The van der Waals surface area contributed by atoms with Crippen LogP contribution in [0.3, 0.4) is 0 Å². The molecule has 0 radical (unpaired) electrons. The van der Waals surface area contributed by atoms with E-state index in [9.17, 15) is 4.79 Å². The highest BCUT2D eigenvalue weighted by Crippen LogP contribution is 2.22. The van der Waals surface area contributed by atoms with Crippen molar-refractivity contribution in [3.8, 4) is 0 Å². The first kappa shape index (κ1) is 18.9. The number of nitrogens with zero attached hydrogens (tertiary/aromatic N) is 5. The van der Waals surface area contributed by atoms with Crippen LogP contribution < -0.4 is 10.6 Å². The number of anilines is 1. The van der Waals surface area contributed by atoms with Gasteiger partial charge in [-0.15, -0.1) is 0 Å². The number of amides is 1. The van der Waals surface area contributed by atoms with E-state index >= 15 is 0 Å². The zero-order valence-electron chi connectivity index (χ0n) is 16.8. The number of carbonyl (C=O) groups is 1. The van der Waals surface area contributed by atoms with Gasteiger partial charge in [0.25, 0.3) is 0 Å². The number of likely N-dealkylation sites (tertiary alicyclic amines) is 1. The Morgan fingerprint density at radius 1 is 1.29 bits per heavy atom. The molecule has 4 rings (SSSR count). The monoisotopic (exact) mass is 387 g/mol. The van der Waals surface area contributed by atoms with E-state index in [1.807, 2.05) is 18.0 Å². The highest BCUT2D eigenvalue weighted by molar-refractivity contribution is 5.68. The van der Waals surface area contributed by atoms with E-state index in [2.05, 4.69) is 39.5 Å². The van der Waals surface area contributed by atoms with E-state index in [1.54, 1.807) is 4.52 Å². The molecule has 0 aromatic carbocycles. The maximum Gasteiger partial charge on any atom is 0.410 e. The SMILES string of the molecule is Cc1nc(NC2CCN(C(=O)OC3CCNC3)CC2)n2ncc(C(C)C)c2n1. The van der Waals surface area contributed by atoms with E-state index in [0.717, 1.165) is 49.4 Å². The first-order chi connectivity index (χ1) is 13.5. The van der Waals surface area contributed by atoms with E-state index in [1.165, 1.54) is 0 Å². The second-order valence-electron chi connectivity index (χ2n) is 7.99. The van der Waals surface area contributed by atoms with Gasteiger partial charge in [0.2, 0.25) is 5.95 Å². The summed E-state index contributed by atoms with van der Waals surface area (Å²) in [7, 11) is 0. The maximum atomic E-state index is 12.3. The summed E-state index contributed by atoms with van der Waals surface area (Å²) in [6.07, 6.45) is 4.28. The Morgan fingerprint density at radius 2 is 2.07 bits per heavy atom. The molecule has 0 saturated carbocycles. The van der Waals surface area contributed by atoms with E-state index in [4.69, 9.17) is 4.74 Å². The van der Waals surface area contributed by atoms with Crippen LogP contribution in [0.2, 0.25) is 0 Å². The van der Waals surface area contributed by atoms with Gasteiger partial charge >= 0.3 is 6.09 Å². The third kappa shape index (κ3) is 3.89. The molecule has 28 heavy (non-hydrogen) atoms. The molecule has 2 fully saturated rings. The van der Waals surface area contributed by atoms with Crippen LogP contribution in [0.25, 0.3) is 5.65 Å². The van der Waals surface area contributed by atoms with Gasteiger partial charge in [-0.1, -0.05) is 13.8 Å². The summed E-state index contributed by atoms with van der Waals surface area (Å²) >= 11 is 0. The van der Waals surface area contributed by atoms with Crippen LogP contribution in [-0.4, -0.2) is 68.9 Å². The lowest BCUT2D eigenvalue weighted by molar-refractivity contribution is 0.0640. The van der Waals surface area contributed by atoms with Gasteiger partial charge in [-0.3, -0.25) is 0 Å². The summed E-state index contributed by atoms with van der Waals surface area (Å²) in [5, 5.41) is 11.2. The fraction of sp³-hybridized carbons (Fsp3) is 0.684. The number of hydrogen-bond acceptors (Lipinski definition) is 7. The number of aryl methyl sites for hydroxylation is 1. The number of aromatic nitrogens is 4. The Morgan fingerprint density at radius 3 is 2.75 bits per heavy atom. The Bertz CT molecular complexity index is 836. The summed E-state index contributed by atoms with van der Waals surface area (Å²) in [6.45, 7) is 9.22. The fourth-order valence-electron chi connectivity index (χ4n) is 3.84. The van der Waals surface area contributed by atoms with Crippen LogP contribution in [0.1, 0.15) is 50.4 Å². The molecule has 2 aliphatic heterocycles. The van der Waals surface area contributed by atoms with E-state index < -0.39 is 0 Å². The van der Waals surface area contributed by atoms with E-state index in [-0.39, 0.29) is 18.2 Å². The smallest absolute Gasteiger partial charge is 0.410 e. The van der Waals surface area contributed by atoms with Crippen molar-refractivity contribution in [2.45, 2.75) is 58.1 Å². The molecule has 1 unspecified atom stereocenters. The van der Waals surface area contributed by atoms with Crippen molar-refractivity contribution < 1.29 is 9.53 Å². The zero-order valence-corrected chi connectivity index (χ0v) is 16.8. The Kier molecular flexibility index (Phi) is 5.34. The maximum absolute atomic E-state index is 12.3. The zero-order chi connectivity index (χ0) is 19.7. The molecule has 2 aromatic rings. The normalized spacial score (nSPS) is 20.9. The van der Waals surface area contributed by atoms with Crippen molar-refractivity contribution in [1.29, 1.82) is 0 Å². The Balaban J connectivity index is 1.39. The number of hydrogen-bond donors (Lipinski definition) is 2. The van der Waals surface area contributed by atoms with Crippen LogP contribution in [-0.2, 0) is 4.74 Å². The van der Waals surface area contributed by atoms with Crippen molar-refractivity contribution in [3.05, 3.63) is 17.6 Å². The average molecular weight is 387 g/mol. The molecule has 1 atom stereocenters. The van der Waals surface area contributed by atoms with Crippen LogP contribution in [0, 0.1) is 6.92 Å². The third-order valence-corrected chi connectivity index (χ3v) is 5.50. The molecule has 0 spiro atoms. The standard InChI is InChI=1S/C19H29N7O2/c1-12(2)16-11-21-26-17(16)22-13(3)23-18(26)24-14-5-8-25(9-6-14)19(27)28-15-4-7-20-10-15/h11-12,14-15,20H,4-10H2,1-3H3,(H,22,23,24). The van der Waals surface area contributed by atoms with Crippen molar-refractivity contribution in [2.75, 3.05) is 31.5 Å². The van der Waals surface area contributed by atoms with Gasteiger partial charge in [-0.05, 0) is 38.6 Å². The van der Waals surface area contributed by atoms with Gasteiger partial charge in [-0.25, -0.2) is 9.78 Å². The van der Waals surface area contributed by atoms with Gasteiger partial charge in [0.05, 0.1) is 6.20 Å². The van der Waals surface area contributed by atoms with Gasteiger partial charge in [0.1, 0.15) is 11.9 Å². The molecule has 4 heterocycles. The molecular formula is C19H29N7O2. The minimum Gasteiger partial charge on any atom is -0.445 e. The number of piperidine rings is 1. The molecule has 2 aliphatic rings. The lowest BCUT2D eigenvalue weighted by Gasteiger charge is -2.32. The predicted molar refractivity (Wildman–Crippen MR) is 106 cm³/mol. The second kappa shape index (κ2) is 7.90. The van der Waals surface area contributed by atoms with Crippen molar-refractivity contribution in [3.63, 3.8) is 0 Å². The lowest BCUT2D eigenvalue weighted by atomic mass is 10.1. The molecule has 9 nitrogen and oxygen atoms in total. The fourth-order valence-corrected chi connectivity index (χ4v) is 3.84. The summed E-state index contributed by atoms with van der Waals surface area (Å²) in [6, 6.07) is 0.237. The quantitative estimate of drug-likeness (QED) is 0.827. The third-order valence-electron chi connectivity index (χ3n) is 5.50. The minimum atomic E-state index is -0.193. The molecule has 1 amide bonds. The second-order valence-corrected chi connectivity index (χ2v) is 7.99. The summed E-state index contributed by atoms with van der Waals surface area (Å²) < 4.78 is 7.36. The molecule has 0 bridgehead atoms. The van der Waals surface area contributed by atoms with Crippen LogP contribution in [0.4, 0.5) is 10.7 Å². The van der Waals surface area contributed by atoms with Crippen molar-refractivity contribution >= 4 is 17.7 Å². The number of ether oxygens (including phenoxy) is 1. The van der Waals surface area contributed by atoms with Gasteiger partial charge in [0.15, 0.2) is 5.65 Å². The molecule has 9 heteroatoms. The Hall–Kier alpha value is -2.42. The molecule has 152 valence electrons. The molecule has 2 saturated heterocycles. The van der Waals surface area contributed by atoms with Crippen LogP contribution >= 0.6 is 0 Å². The predicted octanol–water partition coefficient (Wildman–Crippen LogP) is 1.93. The van der Waals surface area contributed by atoms with Crippen molar-refractivity contribution in [2.24, 2.45) is 0 Å². The lowest BCUT2D eigenvalue weighted by Crippen LogP contribution is -2.44. The van der Waals surface area contributed by atoms with Crippen molar-refractivity contribution in [1.82, 2.24) is 29.8 Å². The highest BCUT2D eigenvalue weighted by Gasteiger charge is 2.27. The molecular weight excluding hydrogens is 358 g/mol. The van der Waals surface area contributed by atoms with Gasteiger partial charge < -0.3 is 20.3 Å². The molecule has 2 aromatic heterocycles. The Labute approximate surface area is 164 Å². The average Bonchev–Trinajstić information content (AvgIpc) is 3.31. The van der Waals surface area contributed by atoms with Gasteiger partial charge in [-0.2, -0.15) is 14.6 Å². The number of carbonyl (C=O) groups excluding carboxylic acids is 1. The minimum absolute atomic E-state index is 0.00981. The van der Waals surface area contributed by atoms with Crippen LogP contribution in [0.15, 0.2) is 6.20 Å². The first-order valence-electron chi connectivity index (χ1n) is 10.2.